The SMILES string of the molecule is Cc1ccc(C)c(CC(=O)N/N=C\c2cccc(O)c2)c1. The molecule has 0 atom stereocenters. The van der Waals surface area contributed by atoms with Crippen LogP contribution in [-0.2, 0) is 11.2 Å². The van der Waals surface area contributed by atoms with E-state index in [4.69, 9.17) is 0 Å². The molecule has 108 valence electrons. The molecule has 0 aliphatic heterocycles. The summed E-state index contributed by atoms with van der Waals surface area (Å²) in [5.74, 6) is 0.000708. The molecular formula is C17H18N2O2. The molecule has 0 aliphatic carbocycles. The maximum Gasteiger partial charge on any atom is 0.244 e. The van der Waals surface area contributed by atoms with Gasteiger partial charge in [0.15, 0.2) is 0 Å². The van der Waals surface area contributed by atoms with E-state index < -0.39 is 0 Å². The van der Waals surface area contributed by atoms with Crippen molar-refractivity contribution in [2.45, 2.75) is 20.3 Å². The molecule has 1 amide bonds. The van der Waals surface area contributed by atoms with Gasteiger partial charge in [-0.25, -0.2) is 5.43 Å². The van der Waals surface area contributed by atoms with Crippen LogP contribution in [-0.4, -0.2) is 17.2 Å². The number of hydrazone groups is 1. The number of phenols is 1. The maximum absolute atomic E-state index is 11.9. The summed E-state index contributed by atoms with van der Waals surface area (Å²) in [6.45, 7) is 3.99. The van der Waals surface area contributed by atoms with Gasteiger partial charge in [-0.05, 0) is 42.7 Å². The lowest BCUT2D eigenvalue weighted by molar-refractivity contribution is -0.120. The number of phenolic OH excluding ortho intramolecular Hbond substituents is 1. The Bertz CT molecular complexity index is 678. The molecule has 2 N–H and O–H groups in total. The molecule has 4 heteroatoms. The molecule has 0 saturated heterocycles. The Hall–Kier alpha value is -2.62. The number of nitrogens with one attached hydrogen (secondary N) is 1. The molecule has 21 heavy (non-hydrogen) atoms. The summed E-state index contributed by atoms with van der Waals surface area (Å²) in [6.07, 6.45) is 1.80. The number of carbonyl (C=O) groups is 1. The Kier molecular flexibility index (Phi) is 4.72. The summed E-state index contributed by atoms with van der Waals surface area (Å²) in [5.41, 5.74) is 6.44. The summed E-state index contributed by atoms with van der Waals surface area (Å²) in [7, 11) is 0. The zero-order valence-electron chi connectivity index (χ0n) is 12.1. The van der Waals surface area contributed by atoms with Crippen LogP contribution in [0.2, 0.25) is 0 Å². The lowest BCUT2D eigenvalue weighted by Gasteiger charge is -2.06. The van der Waals surface area contributed by atoms with Crippen LogP contribution in [0.15, 0.2) is 47.6 Å². The third kappa shape index (κ3) is 4.45. The number of hydrogen-bond donors (Lipinski definition) is 2. The number of rotatable bonds is 4. The highest BCUT2D eigenvalue weighted by atomic mass is 16.3. The molecule has 0 radical (unpaired) electrons. The van der Waals surface area contributed by atoms with Crippen molar-refractivity contribution in [2.75, 3.05) is 0 Å². The number of aryl methyl sites for hydroxylation is 2. The average molecular weight is 282 g/mol. The number of hydrogen-bond acceptors (Lipinski definition) is 3. The van der Waals surface area contributed by atoms with Crippen LogP contribution in [0.1, 0.15) is 22.3 Å². The van der Waals surface area contributed by atoms with Gasteiger partial charge in [0.2, 0.25) is 5.91 Å². The van der Waals surface area contributed by atoms with Gasteiger partial charge in [0.1, 0.15) is 5.75 Å². The van der Waals surface area contributed by atoms with Gasteiger partial charge >= 0.3 is 0 Å². The van der Waals surface area contributed by atoms with Gasteiger partial charge in [-0.15, -0.1) is 0 Å². The highest BCUT2D eigenvalue weighted by Crippen LogP contribution is 2.11. The van der Waals surface area contributed by atoms with E-state index >= 15 is 0 Å². The second-order valence-electron chi connectivity index (χ2n) is 4.99. The largest absolute Gasteiger partial charge is 0.508 e. The zero-order chi connectivity index (χ0) is 15.2. The van der Waals surface area contributed by atoms with Crippen LogP contribution in [0.25, 0.3) is 0 Å². The molecule has 4 nitrogen and oxygen atoms in total. The van der Waals surface area contributed by atoms with Crippen LogP contribution in [0.5, 0.6) is 5.75 Å². The first-order valence-electron chi connectivity index (χ1n) is 6.71. The molecule has 0 heterocycles. The Morgan fingerprint density at radius 3 is 2.81 bits per heavy atom. The van der Waals surface area contributed by atoms with Crippen LogP contribution in [0, 0.1) is 13.8 Å². The van der Waals surface area contributed by atoms with E-state index in [1.54, 1.807) is 24.3 Å². The van der Waals surface area contributed by atoms with Crippen molar-refractivity contribution in [1.29, 1.82) is 0 Å². The minimum atomic E-state index is -0.167. The molecule has 2 aromatic carbocycles. The van der Waals surface area contributed by atoms with Crippen molar-refractivity contribution >= 4 is 12.1 Å². The normalized spacial score (nSPS) is 10.8. The summed E-state index contributed by atoms with van der Waals surface area (Å²) >= 11 is 0. The molecule has 2 rings (SSSR count). The van der Waals surface area contributed by atoms with E-state index in [9.17, 15) is 9.90 Å². The fourth-order valence-electron chi connectivity index (χ4n) is 1.99. The van der Waals surface area contributed by atoms with Crippen LogP contribution < -0.4 is 5.43 Å². The zero-order valence-corrected chi connectivity index (χ0v) is 12.1. The first-order valence-corrected chi connectivity index (χ1v) is 6.71. The van der Waals surface area contributed by atoms with Gasteiger partial charge in [0.25, 0.3) is 0 Å². The Morgan fingerprint density at radius 2 is 2.05 bits per heavy atom. The van der Waals surface area contributed by atoms with E-state index in [-0.39, 0.29) is 11.7 Å². The molecule has 2 aromatic rings. The van der Waals surface area contributed by atoms with Gasteiger partial charge in [0, 0.05) is 0 Å². The lowest BCUT2D eigenvalue weighted by atomic mass is 10.0. The fraction of sp³-hybridized carbons (Fsp3) is 0.176. The molecule has 0 aromatic heterocycles. The van der Waals surface area contributed by atoms with Crippen molar-refractivity contribution in [3.05, 3.63) is 64.7 Å². The van der Waals surface area contributed by atoms with Gasteiger partial charge in [-0.1, -0.05) is 35.9 Å². The van der Waals surface area contributed by atoms with E-state index in [1.165, 1.54) is 6.21 Å². The minimum Gasteiger partial charge on any atom is -0.508 e. The smallest absolute Gasteiger partial charge is 0.244 e. The predicted molar refractivity (Wildman–Crippen MR) is 83.5 cm³/mol. The van der Waals surface area contributed by atoms with Gasteiger partial charge < -0.3 is 5.11 Å². The van der Waals surface area contributed by atoms with E-state index in [1.807, 2.05) is 32.0 Å². The summed E-state index contributed by atoms with van der Waals surface area (Å²) in [4.78, 5) is 11.9. The molecule has 0 aliphatic rings. The number of benzene rings is 2. The lowest BCUT2D eigenvalue weighted by Crippen LogP contribution is -2.20. The molecular weight excluding hydrogens is 264 g/mol. The quantitative estimate of drug-likeness (QED) is 0.669. The Balaban J connectivity index is 1.94. The molecule has 0 spiro atoms. The molecule has 0 fully saturated rings. The summed E-state index contributed by atoms with van der Waals surface area (Å²) < 4.78 is 0. The summed E-state index contributed by atoms with van der Waals surface area (Å²) in [6, 6.07) is 12.7. The maximum atomic E-state index is 11.9. The van der Waals surface area contributed by atoms with Gasteiger partial charge in [0.05, 0.1) is 12.6 Å². The highest BCUT2D eigenvalue weighted by Gasteiger charge is 2.05. The van der Waals surface area contributed by atoms with Crippen LogP contribution in [0.4, 0.5) is 0 Å². The minimum absolute atomic E-state index is 0.167. The number of nitrogens with zero attached hydrogens (tertiary/aromatic N) is 1. The first kappa shape index (κ1) is 14.8. The highest BCUT2D eigenvalue weighted by molar-refractivity contribution is 5.83. The topological polar surface area (TPSA) is 61.7 Å². The standard InChI is InChI=1S/C17H18N2O2/c1-12-6-7-13(2)15(8-12)10-17(21)19-18-11-14-4-3-5-16(20)9-14/h3-9,11,20H,10H2,1-2H3,(H,19,21)/b18-11-. The predicted octanol–water partition coefficient (Wildman–Crippen LogP) is 2.70. The third-order valence-electron chi connectivity index (χ3n) is 3.13. The van der Waals surface area contributed by atoms with E-state index in [2.05, 4.69) is 10.5 Å². The van der Waals surface area contributed by atoms with Crippen LogP contribution in [0.3, 0.4) is 0 Å². The van der Waals surface area contributed by atoms with Crippen LogP contribution >= 0.6 is 0 Å². The molecule has 0 unspecified atom stereocenters. The average Bonchev–Trinajstić information content (AvgIpc) is 2.43. The number of aromatic hydroxyl groups is 1. The first-order chi connectivity index (χ1) is 10.0. The monoisotopic (exact) mass is 282 g/mol. The van der Waals surface area contributed by atoms with Crippen molar-refractivity contribution in [3.8, 4) is 5.75 Å². The van der Waals surface area contributed by atoms with Crippen molar-refractivity contribution < 1.29 is 9.90 Å². The fourth-order valence-corrected chi connectivity index (χ4v) is 1.99. The summed E-state index contributed by atoms with van der Waals surface area (Å²) in [5, 5.41) is 13.2. The van der Waals surface area contributed by atoms with Gasteiger partial charge in [-0.2, -0.15) is 5.10 Å². The van der Waals surface area contributed by atoms with E-state index in [0.717, 1.165) is 22.3 Å². The second kappa shape index (κ2) is 6.70. The number of carbonyl (C=O) groups excluding carboxylic acids is 1. The van der Waals surface area contributed by atoms with Crippen molar-refractivity contribution in [3.63, 3.8) is 0 Å². The van der Waals surface area contributed by atoms with Crippen molar-refractivity contribution in [2.24, 2.45) is 5.10 Å². The Labute approximate surface area is 124 Å². The van der Waals surface area contributed by atoms with E-state index in [0.29, 0.717) is 6.42 Å². The third-order valence-corrected chi connectivity index (χ3v) is 3.13. The van der Waals surface area contributed by atoms with Crippen molar-refractivity contribution in [1.82, 2.24) is 5.43 Å². The van der Waals surface area contributed by atoms with Gasteiger partial charge in [-0.3, -0.25) is 4.79 Å². The number of amides is 1. The second-order valence-corrected chi connectivity index (χ2v) is 4.99. The molecule has 0 bridgehead atoms. The Morgan fingerprint density at radius 1 is 1.24 bits per heavy atom. The molecule has 0 saturated carbocycles.